The van der Waals surface area contributed by atoms with Crippen LogP contribution in [-0.4, -0.2) is 35.8 Å². The van der Waals surface area contributed by atoms with Crippen molar-refractivity contribution in [2.75, 3.05) is 13.1 Å². The quantitative estimate of drug-likeness (QED) is 0.881. The molecule has 5 heteroatoms. The smallest absolute Gasteiger partial charge is 0.254 e. The summed E-state index contributed by atoms with van der Waals surface area (Å²) >= 11 is 3.50. The first-order valence-corrected chi connectivity index (χ1v) is 9.15. The summed E-state index contributed by atoms with van der Waals surface area (Å²) in [7, 11) is 0. The molecule has 2 aliphatic carbocycles. The lowest BCUT2D eigenvalue weighted by Gasteiger charge is -2.36. The third-order valence-corrected chi connectivity index (χ3v) is 5.98. The third-order valence-electron chi connectivity index (χ3n) is 5.49. The van der Waals surface area contributed by atoms with Crippen molar-refractivity contribution in [3.8, 4) is 0 Å². The molecule has 4 rings (SSSR count). The molecule has 0 bridgehead atoms. The van der Waals surface area contributed by atoms with E-state index in [9.17, 15) is 9.59 Å². The molecule has 0 atom stereocenters. The van der Waals surface area contributed by atoms with Crippen LogP contribution in [0.3, 0.4) is 0 Å². The van der Waals surface area contributed by atoms with E-state index in [0.29, 0.717) is 18.5 Å². The largest absolute Gasteiger partial charge is 0.352 e. The van der Waals surface area contributed by atoms with Gasteiger partial charge in [-0.15, -0.1) is 0 Å². The first-order valence-electron chi connectivity index (χ1n) is 8.35. The van der Waals surface area contributed by atoms with Crippen molar-refractivity contribution in [1.29, 1.82) is 0 Å². The third kappa shape index (κ3) is 2.69. The summed E-state index contributed by atoms with van der Waals surface area (Å²) in [6, 6.07) is 6.18. The number of nitrogens with zero attached hydrogens (tertiary/aromatic N) is 1. The fourth-order valence-electron chi connectivity index (χ4n) is 4.01. The predicted octanol–water partition coefficient (Wildman–Crippen LogP) is 2.85. The lowest BCUT2D eigenvalue weighted by molar-refractivity contribution is -0.123. The fraction of sp³-hybridized carbons (Fsp3) is 0.556. The number of carbonyl (C=O) groups excluding carboxylic acids is 2. The second kappa shape index (κ2) is 5.33. The molecule has 1 aliphatic heterocycles. The van der Waals surface area contributed by atoms with Crippen LogP contribution in [0.4, 0.5) is 0 Å². The summed E-state index contributed by atoms with van der Waals surface area (Å²) in [5.74, 6) is 0.672. The molecule has 1 heterocycles. The monoisotopic (exact) mass is 376 g/mol. The van der Waals surface area contributed by atoms with Crippen molar-refractivity contribution >= 4 is 27.7 Å². The van der Waals surface area contributed by atoms with Gasteiger partial charge in [-0.3, -0.25) is 9.59 Å². The molecule has 2 saturated carbocycles. The number of halogens is 1. The first-order chi connectivity index (χ1) is 11.0. The van der Waals surface area contributed by atoms with E-state index in [2.05, 4.69) is 34.2 Å². The molecule has 0 radical (unpaired) electrons. The van der Waals surface area contributed by atoms with E-state index in [1.54, 1.807) is 4.90 Å². The highest BCUT2D eigenvalue weighted by Gasteiger charge is 2.51. The average molecular weight is 377 g/mol. The van der Waals surface area contributed by atoms with Gasteiger partial charge in [-0.2, -0.15) is 0 Å². The van der Waals surface area contributed by atoms with Crippen LogP contribution in [0, 0.1) is 5.92 Å². The van der Waals surface area contributed by atoms with Gasteiger partial charge in [-0.05, 0) is 55.4 Å². The standard InChI is InChI=1S/C18H21BrN2O2/c1-11-6-13(7-11)20-16(22)9-21-10-18(4-5-18)15-8-12(19)2-3-14(15)17(21)23/h2-3,8,11,13H,4-7,9-10H2,1H3,(H,20,22). The van der Waals surface area contributed by atoms with Gasteiger partial charge in [0.15, 0.2) is 0 Å². The zero-order chi connectivity index (χ0) is 16.2. The van der Waals surface area contributed by atoms with Gasteiger partial charge in [-0.1, -0.05) is 22.9 Å². The Bertz CT molecular complexity index is 678. The molecule has 1 N–H and O–H groups in total. The van der Waals surface area contributed by atoms with Crippen LogP contribution < -0.4 is 5.32 Å². The highest BCUT2D eigenvalue weighted by Crippen LogP contribution is 2.52. The van der Waals surface area contributed by atoms with Crippen LogP contribution in [-0.2, 0) is 10.2 Å². The second-order valence-corrected chi connectivity index (χ2v) is 8.39. The van der Waals surface area contributed by atoms with E-state index in [1.807, 2.05) is 12.1 Å². The maximum absolute atomic E-state index is 12.7. The molecule has 3 aliphatic rings. The number of benzene rings is 1. The zero-order valence-corrected chi connectivity index (χ0v) is 14.9. The van der Waals surface area contributed by atoms with Crippen molar-refractivity contribution < 1.29 is 9.59 Å². The number of rotatable bonds is 3. The molecule has 0 unspecified atom stereocenters. The van der Waals surface area contributed by atoms with Gasteiger partial charge in [0.05, 0.1) is 6.54 Å². The average Bonchev–Trinajstić information content (AvgIpc) is 3.23. The summed E-state index contributed by atoms with van der Waals surface area (Å²) < 4.78 is 1.01. The molecule has 122 valence electrons. The Kier molecular flexibility index (Phi) is 3.52. The molecule has 23 heavy (non-hydrogen) atoms. The topological polar surface area (TPSA) is 49.4 Å². The Morgan fingerprint density at radius 3 is 2.78 bits per heavy atom. The maximum Gasteiger partial charge on any atom is 0.254 e. The van der Waals surface area contributed by atoms with Crippen LogP contribution in [0.25, 0.3) is 0 Å². The molecular formula is C18H21BrN2O2. The van der Waals surface area contributed by atoms with E-state index in [0.717, 1.165) is 41.3 Å². The molecule has 0 aromatic heterocycles. The van der Waals surface area contributed by atoms with E-state index in [-0.39, 0.29) is 23.8 Å². The number of hydrogen-bond acceptors (Lipinski definition) is 2. The molecule has 2 fully saturated rings. The molecule has 1 aromatic rings. The molecule has 2 amide bonds. The van der Waals surface area contributed by atoms with Crippen molar-refractivity contribution in [2.24, 2.45) is 5.92 Å². The van der Waals surface area contributed by atoms with Crippen molar-refractivity contribution in [1.82, 2.24) is 10.2 Å². The Labute approximate surface area is 144 Å². The maximum atomic E-state index is 12.7. The van der Waals surface area contributed by atoms with Gasteiger partial charge in [0.25, 0.3) is 5.91 Å². The summed E-state index contributed by atoms with van der Waals surface area (Å²) in [5, 5.41) is 3.06. The Hall–Kier alpha value is -1.36. The number of amides is 2. The predicted molar refractivity (Wildman–Crippen MR) is 91.3 cm³/mol. The van der Waals surface area contributed by atoms with Crippen molar-refractivity contribution in [3.63, 3.8) is 0 Å². The summed E-state index contributed by atoms with van der Waals surface area (Å²) in [5.41, 5.74) is 2.00. The molecule has 0 saturated heterocycles. The van der Waals surface area contributed by atoms with Gasteiger partial charge in [0.1, 0.15) is 0 Å². The van der Waals surface area contributed by atoms with Crippen LogP contribution in [0.1, 0.15) is 48.5 Å². The van der Waals surface area contributed by atoms with Crippen LogP contribution >= 0.6 is 15.9 Å². The van der Waals surface area contributed by atoms with Crippen LogP contribution in [0.2, 0.25) is 0 Å². The van der Waals surface area contributed by atoms with Crippen molar-refractivity contribution in [3.05, 3.63) is 33.8 Å². The highest BCUT2D eigenvalue weighted by atomic mass is 79.9. The minimum absolute atomic E-state index is 0.0119. The number of carbonyl (C=O) groups is 2. The SMILES string of the molecule is CC1CC(NC(=O)CN2CC3(CC3)c3cc(Br)ccc3C2=O)C1. The number of hydrogen-bond donors (Lipinski definition) is 1. The van der Waals surface area contributed by atoms with Crippen molar-refractivity contribution in [2.45, 2.75) is 44.1 Å². The normalized spacial score (nSPS) is 27.4. The van der Waals surface area contributed by atoms with Gasteiger partial charge >= 0.3 is 0 Å². The summed E-state index contributed by atoms with van der Waals surface area (Å²) in [6.07, 6.45) is 4.31. The lowest BCUT2D eigenvalue weighted by atomic mass is 9.82. The molecule has 1 spiro atoms. The van der Waals surface area contributed by atoms with Crippen LogP contribution in [0.15, 0.2) is 22.7 Å². The van der Waals surface area contributed by atoms with Gasteiger partial charge in [0, 0.05) is 28.0 Å². The van der Waals surface area contributed by atoms with E-state index in [4.69, 9.17) is 0 Å². The van der Waals surface area contributed by atoms with Crippen LogP contribution in [0.5, 0.6) is 0 Å². The van der Waals surface area contributed by atoms with E-state index < -0.39 is 0 Å². The van der Waals surface area contributed by atoms with Gasteiger partial charge in [-0.25, -0.2) is 0 Å². The molecule has 1 aromatic carbocycles. The minimum Gasteiger partial charge on any atom is -0.352 e. The zero-order valence-electron chi connectivity index (χ0n) is 13.3. The van der Waals surface area contributed by atoms with Gasteiger partial charge < -0.3 is 10.2 Å². The number of nitrogens with one attached hydrogen (secondary N) is 1. The first kappa shape index (κ1) is 15.2. The molecule has 4 nitrogen and oxygen atoms in total. The fourth-order valence-corrected chi connectivity index (χ4v) is 4.37. The summed E-state index contributed by atoms with van der Waals surface area (Å²) in [4.78, 5) is 26.7. The lowest BCUT2D eigenvalue weighted by Crippen LogP contribution is -2.51. The minimum atomic E-state index is -0.0217. The second-order valence-electron chi connectivity index (χ2n) is 7.47. The van der Waals surface area contributed by atoms with E-state index in [1.165, 1.54) is 0 Å². The highest BCUT2D eigenvalue weighted by molar-refractivity contribution is 9.10. The Morgan fingerprint density at radius 1 is 1.39 bits per heavy atom. The Balaban J connectivity index is 1.49. The molecular weight excluding hydrogens is 356 g/mol. The Morgan fingerprint density at radius 2 is 2.13 bits per heavy atom. The number of fused-ring (bicyclic) bond motifs is 2. The van der Waals surface area contributed by atoms with E-state index >= 15 is 0 Å². The summed E-state index contributed by atoms with van der Waals surface area (Å²) in [6.45, 7) is 3.05. The van der Waals surface area contributed by atoms with Gasteiger partial charge in [0.2, 0.25) is 5.91 Å².